The van der Waals surface area contributed by atoms with Crippen LogP contribution in [-0.4, -0.2) is 4.57 Å². The molecule has 0 fully saturated rings. The Bertz CT molecular complexity index is 303. The highest BCUT2D eigenvalue weighted by Crippen LogP contribution is 2.23. The quantitative estimate of drug-likeness (QED) is 0.583. The molecule has 1 aromatic heterocycles. The Balaban J connectivity index is 3.18. The van der Waals surface area contributed by atoms with Gasteiger partial charge in [0.2, 0.25) is 0 Å². The Kier molecular flexibility index (Phi) is 1.92. The van der Waals surface area contributed by atoms with E-state index in [1.54, 1.807) is 11.6 Å². The molecular formula is C8H13NOS. The Morgan fingerprint density at radius 1 is 1.45 bits per heavy atom. The van der Waals surface area contributed by atoms with Crippen molar-refractivity contribution in [2.24, 2.45) is 7.05 Å². The molecule has 3 heteroatoms. The van der Waals surface area contributed by atoms with Crippen molar-refractivity contribution in [3.8, 4) is 0 Å². The SMILES string of the molecule is Cn1cc(C(C)(C)C)sc1=O. The van der Waals surface area contributed by atoms with Gasteiger partial charge in [0.1, 0.15) is 0 Å². The van der Waals surface area contributed by atoms with Crippen LogP contribution in [0.5, 0.6) is 0 Å². The maximum absolute atomic E-state index is 11.1. The second kappa shape index (κ2) is 2.48. The van der Waals surface area contributed by atoms with E-state index in [-0.39, 0.29) is 10.3 Å². The van der Waals surface area contributed by atoms with E-state index < -0.39 is 0 Å². The zero-order chi connectivity index (χ0) is 8.65. The average molecular weight is 171 g/mol. The molecule has 0 amide bonds. The van der Waals surface area contributed by atoms with Crippen molar-refractivity contribution in [3.63, 3.8) is 0 Å². The summed E-state index contributed by atoms with van der Waals surface area (Å²) in [6.07, 6.45) is 1.91. The monoisotopic (exact) mass is 171 g/mol. The van der Waals surface area contributed by atoms with Gasteiger partial charge in [-0.1, -0.05) is 32.1 Å². The summed E-state index contributed by atoms with van der Waals surface area (Å²) in [5.41, 5.74) is 0.102. The molecule has 0 bridgehead atoms. The molecule has 11 heavy (non-hydrogen) atoms. The molecule has 1 aromatic rings. The molecule has 1 heterocycles. The summed E-state index contributed by atoms with van der Waals surface area (Å²) in [6.45, 7) is 6.33. The Hall–Kier alpha value is -0.570. The second-order valence-corrected chi connectivity index (χ2v) is 4.72. The molecule has 0 unspecified atom stereocenters. The molecule has 0 aromatic carbocycles. The Labute approximate surface area is 70.5 Å². The number of hydrogen-bond donors (Lipinski definition) is 0. The van der Waals surface area contributed by atoms with Gasteiger partial charge >= 0.3 is 4.87 Å². The van der Waals surface area contributed by atoms with E-state index >= 15 is 0 Å². The molecule has 0 saturated heterocycles. The van der Waals surface area contributed by atoms with Crippen molar-refractivity contribution in [1.82, 2.24) is 4.57 Å². The lowest BCUT2D eigenvalue weighted by Gasteiger charge is -2.14. The fourth-order valence-corrected chi connectivity index (χ4v) is 1.67. The summed E-state index contributed by atoms with van der Waals surface area (Å²) in [6, 6.07) is 0. The molecule has 0 aliphatic heterocycles. The van der Waals surface area contributed by atoms with Crippen LogP contribution in [0.15, 0.2) is 11.0 Å². The first-order valence-corrected chi connectivity index (χ1v) is 4.40. The molecule has 2 nitrogen and oxygen atoms in total. The van der Waals surface area contributed by atoms with Crippen molar-refractivity contribution in [2.75, 3.05) is 0 Å². The minimum absolute atomic E-state index is 0.102. The van der Waals surface area contributed by atoms with E-state index in [0.717, 1.165) is 4.88 Å². The molecule has 0 spiro atoms. The molecule has 0 radical (unpaired) electrons. The number of nitrogens with zero attached hydrogens (tertiary/aromatic N) is 1. The molecule has 1 rings (SSSR count). The number of thiazole rings is 1. The van der Waals surface area contributed by atoms with E-state index in [1.165, 1.54) is 11.3 Å². The highest BCUT2D eigenvalue weighted by Gasteiger charge is 2.16. The van der Waals surface area contributed by atoms with E-state index in [1.807, 2.05) is 6.20 Å². The first-order valence-electron chi connectivity index (χ1n) is 3.58. The van der Waals surface area contributed by atoms with Gasteiger partial charge in [-0.25, -0.2) is 0 Å². The molecular weight excluding hydrogens is 158 g/mol. The summed E-state index contributed by atoms with van der Waals surface area (Å²) >= 11 is 1.33. The summed E-state index contributed by atoms with van der Waals surface area (Å²) in [4.78, 5) is 12.3. The van der Waals surface area contributed by atoms with Gasteiger partial charge < -0.3 is 4.57 Å². The molecule has 0 aliphatic carbocycles. The molecule has 0 saturated carbocycles. The van der Waals surface area contributed by atoms with Crippen LogP contribution < -0.4 is 4.87 Å². The summed E-state index contributed by atoms with van der Waals surface area (Å²) < 4.78 is 1.63. The summed E-state index contributed by atoms with van der Waals surface area (Å²) in [7, 11) is 1.79. The molecule has 0 atom stereocenters. The lowest BCUT2D eigenvalue weighted by molar-refractivity contribution is 0.599. The highest BCUT2D eigenvalue weighted by atomic mass is 32.1. The Morgan fingerprint density at radius 3 is 2.18 bits per heavy atom. The van der Waals surface area contributed by atoms with Crippen LogP contribution in [0.4, 0.5) is 0 Å². The minimum atomic E-state index is 0.102. The van der Waals surface area contributed by atoms with Crippen LogP contribution >= 0.6 is 11.3 Å². The van der Waals surface area contributed by atoms with Gasteiger partial charge in [-0.05, 0) is 5.41 Å². The third kappa shape index (κ3) is 1.71. The lowest BCUT2D eigenvalue weighted by Crippen LogP contribution is -2.08. The van der Waals surface area contributed by atoms with Crippen LogP contribution in [0.25, 0.3) is 0 Å². The van der Waals surface area contributed by atoms with E-state index in [0.29, 0.717) is 0 Å². The zero-order valence-corrected chi connectivity index (χ0v) is 8.16. The maximum atomic E-state index is 11.1. The maximum Gasteiger partial charge on any atom is 0.307 e. The first-order chi connectivity index (χ1) is 4.91. The average Bonchev–Trinajstić information content (AvgIpc) is 2.11. The predicted octanol–water partition coefficient (Wildman–Crippen LogP) is 1.74. The fourth-order valence-electron chi connectivity index (χ4n) is 0.768. The summed E-state index contributed by atoms with van der Waals surface area (Å²) in [5, 5.41) is 0. The highest BCUT2D eigenvalue weighted by molar-refractivity contribution is 7.09. The number of aryl methyl sites for hydroxylation is 1. The van der Waals surface area contributed by atoms with Gasteiger partial charge in [0.05, 0.1) is 0 Å². The second-order valence-electron chi connectivity index (χ2n) is 3.72. The Morgan fingerprint density at radius 2 is 2.00 bits per heavy atom. The van der Waals surface area contributed by atoms with Crippen LogP contribution in [0.1, 0.15) is 25.6 Å². The first kappa shape index (κ1) is 8.53. The van der Waals surface area contributed by atoms with Gasteiger partial charge in [-0.3, -0.25) is 4.79 Å². The smallest absolute Gasteiger partial charge is 0.307 e. The summed E-state index contributed by atoms with van der Waals surface area (Å²) in [5.74, 6) is 0. The standard InChI is InChI=1S/C8H13NOS/c1-8(2,3)6-5-9(4)7(10)11-6/h5H,1-4H3. The zero-order valence-electron chi connectivity index (χ0n) is 7.34. The third-order valence-corrected chi connectivity index (χ3v) is 2.94. The number of rotatable bonds is 0. The van der Waals surface area contributed by atoms with Gasteiger partial charge in [-0.2, -0.15) is 0 Å². The molecule has 0 N–H and O–H groups in total. The normalized spacial score (nSPS) is 12.0. The van der Waals surface area contributed by atoms with E-state index in [4.69, 9.17) is 0 Å². The van der Waals surface area contributed by atoms with Crippen molar-refractivity contribution in [2.45, 2.75) is 26.2 Å². The van der Waals surface area contributed by atoms with Gasteiger partial charge in [0.25, 0.3) is 0 Å². The number of aromatic nitrogens is 1. The van der Waals surface area contributed by atoms with Crippen LogP contribution in [0, 0.1) is 0 Å². The van der Waals surface area contributed by atoms with Crippen molar-refractivity contribution >= 4 is 11.3 Å². The van der Waals surface area contributed by atoms with Gasteiger partial charge in [0.15, 0.2) is 0 Å². The third-order valence-electron chi connectivity index (χ3n) is 1.54. The topological polar surface area (TPSA) is 22.0 Å². The predicted molar refractivity (Wildman–Crippen MR) is 48.3 cm³/mol. The molecule has 0 aliphatic rings. The van der Waals surface area contributed by atoms with Gasteiger partial charge in [-0.15, -0.1) is 0 Å². The fraction of sp³-hybridized carbons (Fsp3) is 0.625. The van der Waals surface area contributed by atoms with Crippen LogP contribution in [0.2, 0.25) is 0 Å². The van der Waals surface area contributed by atoms with E-state index in [9.17, 15) is 4.79 Å². The molecule has 62 valence electrons. The van der Waals surface area contributed by atoms with Gasteiger partial charge in [0, 0.05) is 18.1 Å². The lowest BCUT2D eigenvalue weighted by atomic mass is 9.96. The minimum Gasteiger partial charge on any atom is -0.309 e. The number of hydrogen-bond acceptors (Lipinski definition) is 2. The van der Waals surface area contributed by atoms with Crippen LogP contribution in [-0.2, 0) is 12.5 Å². The van der Waals surface area contributed by atoms with Crippen molar-refractivity contribution in [1.29, 1.82) is 0 Å². The van der Waals surface area contributed by atoms with Crippen LogP contribution in [0.3, 0.4) is 0 Å². The van der Waals surface area contributed by atoms with E-state index in [2.05, 4.69) is 20.8 Å². The van der Waals surface area contributed by atoms with Crippen molar-refractivity contribution in [3.05, 3.63) is 20.7 Å². The largest absolute Gasteiger partial charge is 0.309 e. The van der Waals surface area contributed by atoms with Crippen molar-refractivity contribution < 1.29 is 0 Å².